The lowest BCUT2D eigenvalue weighted by Crippen LogP contribution is -2.36. The van der Waals surface area contributed by atoms with Crippen LogP contribution in [0.3, 0.4) is 0 Å². The molecular weight excluding hydrogens is 346 g/mol. The maximum absolute atomic E-state index is 12.6. The maximum atomic E-state index is 12.6. The first-order valence-corrected chi connectivity index (χ1v) is 8.11. The molecule has 1 aliphatic heterocycles. The van der Waals surface area contributed by atoms with Gasteiger partial charge in [0.25, 0.3) is 5.91 Å². The predicted molar refractivity (Wildman–Crippen MR) is 87.0 cm³/mol. The summed E-state index contributed by atoms with van der Waals surface area (Å²) < 4.78 is 8.22. The minimum absolute atomic E-state index is 0.0472. The van der Waals surface area contributed by atoms with Crippen LogP contribution in [0.5, 0.6) is 5.75 Å². The number of halogens is 1. The fourth-order valence-corrected chi connectivity index (χ4v) is 3.10. The normalized spacial score (nSPS) is 13.9. The second-order valence-electron chi connectivity index (χ2n) is 5.27. The van der Waals surface area contributed by atoms with Crippen LogP contribution < -0.4 is 4.74 Å². The summed E-state index contributed by atoms with van der Waals surface area (Å²) in [7, 11) is 1.96. The molecule has 0 saturated heterocycles. The zero-order valence-corrected chi connectivity index (χ0v) is 14.3. The third kappa shape index (κ3) is 2.75. The van der Waals surface area contributed by atoms with Crippen molar-refractivity contribution in [1.29, 1.82) is 0 Å². The number of nitrogens with zero attached hydrogens (tertiary/aromatic N) is 3. The number of fused-ring (bicyclic) bond motifs is 1. The summed E-state index contributed by atoms with van der Waals surface area (Å²) in [6.45, 7) is 3.85. The fraction of sp³-hybridized carbons (Fsp3) is 0.375. The largest absolute Gasteiger partial charge is 0.494 e. The van der Waals surface area contributed by atoms with E-state index in [0.29, 0.717) is 25.3 Å². The molecule has 0 N–H and O–H groups in total. The van der Waals surface area contributed by atoms with Crippen molar-refractivity contribution in [2.45, 2.75) is 19.9 Å². The van der Waals surface area contributed by atoms with Crippen molar-refractivity contribution in [1.82, 2.24) is 14.5 Å². The van der Waals surface area contributed by atoms with Crippen LogP contribution in [0.25, 0.3) is 0 Å². The minimum Gasteiger partial charge on any atom is -0.494 e. The Morgan fingerprint density at radius 3 is 2.77 bits per heavy atom. The van der Waals surface area contributed by atoms with Crippen LogP contribution in [0.15, 0.2) is 29.0 Å². The van der Waals surface area contributed by atoms with E-state index < -0.39 is 0 Å². The molecular formula is C16H18BrN3O2. The molecule has 1 amide bonds. The van der Waals surface area contributed by atoms with E-state index in [4.69, 9.17) is 4.74 Å². The van der Waals surface area contributed by atoms with Crippen molar-refractivity contribution in [3.8, 4) is 5.75 Å². The van der Waals surface area contributed by atoms with Crippen LogP contribution in [0.1, 0.15) is 28.7 Å². The number of benzene rings is 1. The maximum Gasteiger partial charge on any atom is 0.254 e. The summed E-state index contributed by atoms with van der Waals surface area (Å²) in [5.74, 6) is 0.835. The second kappa shape index (κ2) is 6.12. The van der Waals surface area contributed by atoms with Crippen molar-refractivity contribution >= 4 is 21.8 Å². The van der Waals surface area contributed by atoms with E-state index >= 15 is 0 Å². The first-order valence-electron chi connectivity index (χ1n) is 7.32. The summed E-state index contributed by atoms with van der Waals surface area (Å²) in [6, 6.07) is 7.32. The summed E-state index contributed by atoms with van der Waals surface area (Å²) in [5, 5.41) is 0. The third-order valence-corrected chi connectivity index (χ3v) is 4.61. The second-order valence-corrected chi connectivity index (χ2v) is 5.98. The summed E-state index contributed by atoms with van der Waals surface area (Å²) in [6.07, 6.45) is 0.789. The SMILES string of the molecule is CCOc1ccc(C(=O)N2CCc3nc(Br)n(C)c3C2)cc1. The Kier molecular flexibility index (Phi) is 4.20. The molecule has 3 rings (SSSR count). The number of hydrogen-bond acceptors (Lipinski definition) is 3. The first-order chi connectivity index (χ1) is 10.6. The van der Waals surface area contributed by atoms with Crippen LogP contribution in [0, 0.1) is 0 Å². The van der Waals surface area contributed by atoms with E-state index in [9.17, 15) is 4.79 Å². The molecule has 1 aromatic carbocycles. The van der Waals surface area contributed by atoms with E-state index in [1.54, 1.807) is 0 Å². The molecule has 116 valence electrons. The van der Waals surface area contributed by atoms with Crippen LogP contribution in [0.4, 0.5) is 0 Å². The fourth-order valence-electron chi connectivity index (χ4n) is 2.67. The Morgan fingerprint density at radius 1 is 1.36 bits per heavy atom. The molecule has 0 saturated carbocycles. The number of hydrogen-bond donors (Lipinski definition) is 0. The number of carbonyl (C=O) groups excluding carboxylic acids is 1. The molecule has 0 aliphatic carbocycles. The molecule has 6 heteroatoms. The number of rotatable bonds is 3. The van der Waals surface area contributed by atoms with Gasteiger partial charge in [-0.1, -0.05) is 0 Å². The van der Waals surface area contributed by atoms with Gasteiger partial charge in [0.15, 0.2) is 4.73 Å². The average Bonchev–Trinajstić information content (AvgIpc) is 2.82. The zero-order chi connectivity index (χ0) is 15.7. The van der Waals surface area contributed by atoms with Gasteiger partial charge >= 0.3 is 0 Å². The van der Waals surface area contributed by atoms with Crippen molar-refractivity contribution < 1.29 is 9.53 Å². The van der Waals surface area contributed by atoms with E-state index in [1.165, 1.54) is 0 Å². The van der Waals surface area contributed by atoms with Crippen molar-refractivity contribution in [2.24, 2.45) is 7.05 Å². The number of aromatic nitrogens is 2. The van der Waals surface area contributed by atoms with E-state index in [0.717, 1.165) is 28.3 Å². The number of amides is 1. The highest BCUT2D eigenvalue weighted by Gasteiger charge is 2.25. The molecule has 0 fully saturated rings. The van der Waals surface area contributed by atoms with Crippen molar-refractivity contribution in [3.63, 3.8) is 0 Å². The lowest BCUT2D eigenvalue weighted by molar-refractivity contribution is 0.0730. The Morgan fingerprint density at radius 2 is 2.09 bits per heavy atom. The van der Waals surface area contributed by atoms with Gasteiger partial charge in [0, 0.05) is 25.6 Å². The summed E-state index contributed by atoms with van der Waals surface area (Å²) in [4.78, 5) is 19.0. The average molecular weight is 364 g/mol. The predicted octanol–water partition coefficient (Wildman–Crippen LogP) is 2.78. The van der Waals surface area contributed by atoms with Crippen LogP contribution >= 0.6 is 15.9 Å². The smallest absolute Gasteiger partial charge is 0.254 e. The molecule has 1 aliphatic rings. The standard InChI is InChI=1S/C16H18BrN3O2/c1-3-22-12-6-4-11(5-7-12)15(21)20-9-8-13-14(10-20)19(2)16(17)18-13/h4-7H,3,8-10H2,1-2H3. The number of imidazole rings is 1. The van der Waals surface area contributed by atoms with Gasteiger partial charge in [-0.25, -0.2) is 4.98 Å². The van der Waals surface area contributed by atoms with Crippen molar-refractivity contribution in [3.05, 3.63) is 46.0 Å². The Balaban J connectivity index is 1.77. The Labute approximate surface area is 138 Å². The Hall–Kier alpha value is -1.82. The molecule has 0 radical (unpaired) electrons. The third-order valence-electron chi connectivity index (χ3n) is 3.90. The summed E-state index contributed by atoms with van der Waals surface area (Å²) in [5.41, 5.74) is 2.86. The lowest BCUT2D eigenvalue weighted by atomic mass is 10.1. The van der Waals surface area contributed by atoms with Crippen LogP contribution in [0.2, 0.25) is 0 Å². The lowest BCUT2D eigenvalue weighted by Gasteiger charge is -2.27. The van der Waals surface area contributed by atoms with Gasteiger partial charge < -0.3 is 14.2 Å². The molecule has 1 aromatic heterocycles. The molecule has 0 unspecified atom stereocenters. The molecule has 0 spiro atoms. The zero-order valence-electron chi connectivity index (χ0n) is 12.7. The van der Waals surface area contributed by atoms with Gasteiger partial charge in [-0.15, -0.1) is 0 Å². The molecule has 2 aromatic rings. The van der Waals surface area contributed by atoms with Gasteiger partial charge in [0.1, 0.15) is 5.75 Å². The summed E-state index contributed by atoms with van der Waals surface area (Å²) >= 11 is 3.44. The van der Waals surface area contributed by atoms with Gasteiger partial charge in [-0.2, -0.15) is 0 Å². The van der Waals surface area contributed by atoms with Crippen LogP contribution in [-0.4, -0.2) is 33.5 Å². The highest BCUT2D eigenvalue weighted by molar-refractivity contribution is 9.10. The Bertz CT molecular complexity index is 694. The minimum atomic E-state index is 0.0472. The highest BCUT2D eigenvalue weighted by Crippen LogP contribution is 2.23. The molecule has 0 bridgehead atoms. The van der Waals surface area contributed by atoms with E-state index in [1.807, 2.05) is 47.7 Å². The topological polar surface area (TPSA) is 47.4 Å². The van der Waals surface area contributed by atoms with Gasteiger partial charge in [-0.05, 0) is 47.1 Å². The van der Waals surface area contributed by atoms with Crippen molar-refractivity contribution in [2.75, 3.05) is 13.2 Å². The molecule has 5 nitrogen and oxygen atoms in total. The molecule has 2 heterocycles. The van der Waals surface area contributed by atoms with Crippen LogP contribution in [-0.2, 0) is 20.0 Å². The number of ether oxygens (including phenoxy) is 1. The first kappa shape index (κ1) is 15.1. The molecule has 22 heavy (non-hydrogen) atoms. The number of carbonyl (C=O) groups is 1. The van der Waals surface area contributed by atoms with Gasteiger partial charge in [0.05, 0.1) is 24.5 Å². The van der Waals surface area contributed by atoms with Gasteiger partial charge in [-0.3, -0.25) is 4.79 Å². The highest BCUT2D eigenvalue weighted by atomic mass is 79.9. The monoisotopic (exact) mass is 363 g/mol. The van der Waals surface area contributed by atoms with E-state index in [2.05, 4.69) is 20.9 Å². The van der Waals surface area contributed by atoms with E-state index in [-0.39, 0.29) is 5.91 Å². The van der Waals surface area contributed by atoms with Gasteiger partial charge in [0.2, 0.25) is 0 Å². The molecule has 0 atom stereocenters. The quantitative estimate of drug-likeness (QED) is 0.842.